The summed E-state index contributed by atoms with van der Waals surface area (Å²) in [7, 11) is 0. The van der Waals surface area contributed by atoms with Crippen LogP contribution in [0.2, 0.25) is 5.02 Å². The molecule has 200 valence electrons. The van der Waals surface area contributed by atoms with Crippen molar-refractivity contribution < 1.29 is 33.0 Å². The third-order valence-electron chi connectivity index (χ3n) is 6.58. The zero-order chi connectivity index (χ0) is 27.4. The maximum absolute atomic E-state index is 11.3. The monoisotopic (exact) mass is 547 g/mol. The highest BCUT2D eigenvalue weighted by Crippen LogP contribution is 2.33. The highest BCUT2D eigenvalue weighted by atomic mass is 35.5. The number of fused-ring (bicyclic) bond motifs is 3. The topological polar surface area (TPSA) is 94.0 Å². The number of aliphatic carboxylic acids is 1. The quantitative estimate of drug-likeness (QED) is 0.453. The van der Waals surface area contributed by atoms with Crippen LogP contribution in [-0.2, 0) is 17.8 Å². The molecule has 11 heteroatoms. The van der Waals surface area contributed by atoms with Gasteiger partial charge in [0.2, 0.25) is 0 Å². The Balaban J connectivity index is 0.000000426. The number of anilines is 1. The van der Waals surface area contributed by atoms with E-state index in [0.29, 0.717) is 6.04 Å². The predicted molar refractivity (Wildman–Crippen MR) is 137 cm³/mol. The van der Waals surface area contributed by atoms with E-state index in [9.17, 15) is 23.1 Å². The minimum absolute atomic E-state index is 0.273. The number of piperazine rings is 1. The van der Waals surface area contributed by atoms with Crippen molar-refractivity contribution in [2.45, 2.75) is 31.6 Å². The van der Waals surface area contributed by atoms with Gasteiger partial charge in [0.1, 0.15) is 5.82 Å². The molecule has 1 atom stereocenters. The minimum atomic E-state index is -5.08. The second kappa shape index (κ2) is 11.4. The number of hydrogen-bond donors (Lipinski definition) is 2. The standard InChI is InChI=1S/C25H24ClN3O2.C2HF3O2/c26-21-8-5-17(6-9-21)23-4-2-1-3-19(23)15-28-11-12-29-22(16-28)10-7-18-13-20(25(30)31)14-27-24(18)29;3-2(4,5)1(6)7/h1-6,8-9,13-14,22H,7,10-12,15-16H2,(H,30,31);(H,6,7). The fourth-order valence-corrected chi connectivity index (χ4v) is 4.91. The summed E-state index contributed by atoms with van der Waals surface area (Å²) < 4.78 is 31.7. The Hall–Kier alpha value is -3.63. The first-order valence-electron chi connectivity index (χ1n) is 11.9. The summed E-state index contributed by atoms with van der Waals surface area (Å²) >= 11 is 6.07. The van der Waals surface area contributed by atoms with E-state index >= 15 is 0 Å². The maximum Gasteiger partial charge on any atom is 0.490 e. The van der Waals surface area contributed by atoms with Gasteiger partial charge in [0.05, 0.1) is 5.56 Å². The molecule has 3 aromatic rings. The molecule has 1 saturated heterocycles. The van der Waals surface area contributed by atoms with Crippen LogP contribution < -0.4 is 4.90 Å². The average Bonchev–Trinajstić information content (AvgIpc) is 2.89. The van der Waals surface area contributed by atoms with Gasteiger partial charge in [0.25, 0.3) is 0 Å². The Kier molecular flexibility index (Phi) is 8.23. The van der Waals surface area contributed by atoms with Gasteiger partial charge in [-0.1, -0.05) is 48.0 Å². The summed E-state index contributed by atoms with van der Waals surface area (Å²) in [6, 6.07) is 18.8. The Morgan fingerprint density at radius 3 is 2.39 bits per heavy atom. The highest BCUT2D eigenvalue weighted by molar-refractivity contribution is 6.30. The second-order valence-electron chi connectivity index (χ2n) is 9.10. The highest BCUT2D eigenvalue weighted by Gasteiger charge is 2.38. The molecule has 2 aliphatic rings. The lowest BCUT2D eigenvalue weighted by Crippen LogP contribution is -2.55. The third-order valence-corrected chi connectivity index (χ3v) is 6.84. The molecule has 1 unspecified atom stereocenters. The number of nitrogens with zero attached hydrogens (tertiary/aromatic N) is 3. The summed E-state index contributed by atoms with van der Waals surface area (Å²) in [6.45, 7) is 3.74. The van der Waals surface area contributed by atoms with Crippen LogP contribution in [0.5, 0.6) is 0 Å². The van der Waals surface area contributed by atoms with Gasteiger partial charge in [-0.3, -0.25) is 4.90 Å². The van der Waals surface area contributed by atoms with Crippen LogP contribution in [0.3, 0.4) is 0 Å². The third kappa shape index (κ3) is 6.43. The van der Waals surface area contributed by atoms with E-state index in [2.05, 4.69) is 51.2 Å². The van der Waals surface area contributed by atoms with Gasteiger partial charge in [-0.25, -0.2) is 14.6 Å². The summed E-state index contributed by atoms with van der Waals surface area (Å²) in [6.07, 6.45) is -1.70. The number of aryl methyl sites for hydroxylation is 1. The van der Waals surface area contributed by atoms with Crippen LogP contribution in [0.4, 0.5) is 19.0 Å². The van der Waals surface area contributed by atoms with Crippen LogP contribution in [-0.4, -0.2) is 63.9 Å². The molecule has 1 fully saturated rings. The lowest BCUT2D eigenvalue weighted by atomic mass is 9.94. The van der Waals surface area contributed by atoms with E-state index < -0.39 is 18.1 Å². The van der Waals surface area contributed by atoms with Crippen molar-refractivity contribution >= 4 is 29.4 Å². The average molecular weight is 548 g/mol. The van der Waals surface area contributed by atoms with Crippen molar-refractivity contribution in [1.82, 2.24) is 9.88 Å². The Morgan fingerprint density at radius 1 is 1.05 bits per heavy atom. The van der Waals surface area contributed by atoms with Crippen LogP contribution in [0.25, 0.3) is 11.1 Å². The molecule has 3 heterocycles. The van der Waals surface area contributed by atoms with Crippen molar-refractivity contribution in [3.63, 3.8) is 0 Å². The minimum Gasteiger partial charge on any atom is -0.478 e. The Bertz CT molecular complexity index is 1320. The number of hydrogen-bond acceptors (Lipinski definition) is 5. The normalized spacial score (nSPS) is 17.1. The number of benzene rings is 2. The van der Waals surface area contributed by atoms with E-state index in [-0.39, 0.29) is 5.56 Å². The van der Waals surface area contributed by atoms with Crippen molar-refractivity contribution in [3.8, 4) is 11.1 Å². The van der Waals surface area contributed by atoms with Gasteiger partial charge >= 0.3 is 18.1 Å². The van der Waals surface area contributed by atoms with Gasteiger partial charge in [0, 0.05) is 43.4 Å². The second-order valence-corrected chi connectivity index (χ2v) is 9.54. The predicted octanol–water partition coefficient (Wildman–Crippen LogP) is 5.37. The fourth-order valence-electron chi connectivity index (χ4n) is 4.78. The number of aromatic carboxylic acids is 1. The van der Waals surface area contributed by atoms with Crippen molar-refractivity contribution in [2.24, 2.45) is 0 Å². The molecule has 2 N–H and O–H groups in total. The first-order valence-corrected chi connectivity index (χ1v) is 12.3. The SMILES string of the molecule is O=C(O)C(F)(F)F.O=C(O)c1cnc2c(c1)CCC1CN(Cc3ccccc3-c3ccc(Cl)cc3)CCN21. The van der Waals surface area contributed by atoms with Crippen LogP contribution in [0.1, 0.15) is 27.9 Å². The molecule has 2 aromatic carbocycles. The zero-order valence-electron chi connectivity index (χ0n) is 20.2. The number of carboxylic acids is 2. The Morgan fingerprint density at radius 2 is 1.74 bits per heavy atom. The van der Waals surface area contributed by atoms with E-state index in [4.69, 9.17) is 21.5 Å². The molecule has 7 nitrogen and oxygen atoms in total. The largest absolute Gasteiger partial charge is 0.490 e. The molecule has 0 saturated carbocycles. The first kappa shape index (κ1) is 27.4. The molecule has 0 aliphatic carbocycles. The number of rotatable bonds is 4. The summed E-state index contributed by atoms with van der Waals surface area (Å²) in [5.41, 5.74) is 5.08. The summed E-state index contributed by atoms with van der Waals surface area (Å²) in [5, 5.41) is 17.1. The number of halogens is 4. The van der Waals surface area contributed by atoms with E-state index in [0.717, 1.165) is 55.4 Å². The van der Waals surface area contributed by atoms with Crippen LogP contribution in [0.15, 0.2) is 60.8 Å². The molecule has 0 radical (unpaired) electrons. The van der Waals surface area contributed by atoms with E-state index in [1.54, 1.807) is 6.07 Å². The van der Waals surface area contributed by atoms with Gasteiger partial charge in [0.15, 0.2) is 0 Å². The van der Waals surface area contributed by atoms with Crippen molar-refractivity contribution in [1.29, 1.82) is 0 Å². The first-order chi connectivity index (χ1) is 18.0. The summed E-state index contributed by atoms with van der Waals surface area (Å²) in [4.78, 5) is 29.6. The van der Waals surface area contributed by atoms with Crippen LogP contribution >= 0.6 is 11.6 Å². The fraction of sp³-hybridized carbons (Fsp3) is 0.296. The van der Waals surface area contributed by atoms with Crippen LogP contribution in [0, 0.1) is 0 Å². The molecular formula is C27H25ClF3N3O4. The number of carboxylic acid groups (broad SMARTS) is 2. The van der Waals surface area contributed by atoms with Crippen molar-refractivity contribution in [3.05, 3.63) is 82.5 Å². The Labute approximate surface area is 222 Å². The number of aromatic nitrogens is 1. The zero-order valence-corrected chi connectivity index (χ0v) is 20.9. The smallest absolute Gasteiger partial charge is 0.478 e. The molecule has 0 amide bonds. The lowest BCUT2D eigenvalue weighted by Gasteiger charge is -2.45. The van der Waals surface area contributed by atoms with Gasteiger partial charge in [-0.05, 0) is 53.3 Å². The molecular weight excluding hydrogens is 523 g/mol. The number of alkyl halides is 3. The molecule has 2 aliphatic heterocycles. The number of pyridine rings is 1. The van der Waals surface area contributed by atoms with Gasteiger partial charge < -0.3 is 15.1 Å². The molecule has 38 heavy (non-hydrogen) atoms. The molecule has 0 spiro atoms. The van der Waals surface area contributed by atoms with Gasteiger partial charge in [-0.2, -0.15) is 13.2 Å². The van der Waals surface area contributed by atoms with Gasteiger partial charge in [-0.15, -0.1) is 0 Å². The van der Waals surface area contributed by atoms with E-state index in [1.807, 2.05) is 12.1 Å². The lowest BCUT2D eigenvalue weighted by molar-refractivity contribution is -0.192. The molecule has 5 rings (SSSR count). The van der Waals surface area contributed by atoms with E-state index in [1.165, 1.54) is 22.9 Å². The maximum atomic E-state index is 11.3. The van der Waals surface area contributed by atoms with Crippen molar-refractivity contribution in [2.75, 3.05) is 24.5 Å². The number of carbonyl (C=O) groups is 2. The molecule has 1 aromatic heterocycles. The molecule has 0 bridgehead atoms. The summed E-state index contributed by atoms with van der Waals surface area (Å²) in [5.74, 6) is -2.71.